The maximum Gasteiger partial charge on any atom is 0.102 e. The zero-order chi connectivity index (χ0) is 10.9. The van der Waals surface area contributed by atoms with Gasteiger partial charge in [-0.1, -0.05) is 30.3 Å². The molecule has 80 valence electrons. The van der Waals surface area contributed by atoms with E-state index < -0.39 is 0 Å². The molecule has 1 heterocycles. The van der Waals surface area contributed by atoms with E-state index in [1.807, 2.05) is 25.1 Å². The summed E-state index contributed by atoms with van der Waals surface area (Å²) in [6.45, 7) is 2.66. The largest absolute Gasteiger partial charge is 0.349 e. The molecule has 2 aromatic rings. The zero-order valence-corrected chi connectivity index (χ0v) is 8.98. The molecule has 1 aromatic carbocycles. The van der Waals surface area contributed by atoms with E-state index in [1.54, 1.807) is 12.4 Å². The highest BCUT2D eigenvalue weighted by atomic mass is 14.9. The Bertz CT molecular complexity index is 340. The number of aromatic amines is 1. The van der Waals surface area contributed by atoms with Gasteiger partial charge >= 0.3 is 0 Å². The molecule has 0 amide bonds. The quantitative estimate of drug-likeness (QED) is 0.783. The summed E-state index contributed by atoms with van der Waals surface area (Å²) < 4.78 is 0. The van der Waals surface area contributed by atoms with E-state index in [4.69, 9.17) is 5.73 Å². The van der Waals surface area contributed by atoms with E-state index in [0.29, 0.717) is 0 Å². The van der Waals surface area contributed by atoms with Crippen LogP contribution >= 0.6 is 0 Å². The van der Waals surface area contributed by atoms with Crippen molar-refractivity contribution in [2.24, 2.45) is 5.73 Å². The van der Waals surface area contributed by atoms with Crippen molar-refractivity contribution in [3.63, 3.8) is 0 Å². The molecule has 0 bridgehead atoms. The minimum absolute atomic E-state index is 0.740. The lowest BCUT2D eigenvalue weighted by molar-refractivity contribution is 0.969. The zero-order valence-electron chi connectivity index (χ0n) is 8.98. The van der Waals surface area contributed by atoms with Gasteiger partial charge in [-0.25, -0.2) is 4.98 Å². The van der Waals surface area contributed by atoms with Gasteiger partial charge in [0.25, 0.3) is 0 Å². The average molecular weight is 203 g/mol. The highest BCUT2D eigenvalue weighted by Gasteiger charge is 1.84. The molecule has 3 heteroatoms. The maximum atomic E-state index is 5.36. The minimum atomic E-state index is 0.740. The Balaban J connectivity index is 0.000000162. The average Bonchev–Trinajstić information content (AvgIpc) is 2.72. The number of nitrogens with two attached hydrogens (primary N) is 1. The fraction of sp³-hybridized carbons (Fsp3) is 0.250. The molecule has 2 rings (SSSR count). The van der Waals surface area contributed by atoms with Crippen LogP contribution in [0.25, 0.3) is 0 Å². The molecule has 0 aliphatic carbocycles. The molecule has 0 spiro atoms. The Morgan fingerprint density at radius 3 is 2.40 bits per heavy atom. The Kier molecular flexibility index (Phi) is 5.19. The van der Waals surface area contributed by atoms with Gasteiger partial charge in [0.1, 0.15) is 5.82 Å². The molecule has 0 saturated carbocycles. The van der Waals surface area contributed by atoms with Gasteiger partial charge in [0.05, 0.1) is 0 Å². The Morgan fingerprint density at radius 1 is 1.27 bits per heavy atom. The molecule has 0 atom stereocenters. The number of hydrogen-bond donors (Lipinski definition) is 2. The van der Waals surface area contributed by atoms with Crippen LogP contribution in [0.3, 0.4) is 0 Å². The second kappa shape index (κ2) is 6.79. The van der Waals surface area contributed by atoms with Gasteiger partial charge in [0.15, 0.2) is 0 Å². The molecular weight excluding hydrogens is 186 g/mol. The van der Waals surface area contributed by atoms with Gasteiger partial charge < -0.3 is 10.7 Å². The summed E-state index contributed by atoms with van der Waals surface area (Å²) in [7, 11) is 0. The number of H-pyrrole nitrogens is 1. The lowest BCUT2D eigenvalue weighted by atomic mass is 10.2. The maximum absolute atomic E-state index is 5.36. The van der Waals surface area contributed by atoms with Crippen LogP contribution in [0.5, 0.6) is 0 Å². The van der Waals surface area contributed by atoms with Gasteiger partial charge in [-0.3, -0.25) is 0 Å². The second-order valence-corrected chi connectivity index (χ2v) is 3.20. The van der Waals surface area contributed by atoms with Crippen molar-refractivity contribution in [1.82, 2.24) is 9.97 Å². The molecule has 0 aliphatic rings. The van der Waals surface area contributed by atoms with Crippen molar-refractivity contribution in [2.45, 2.75) is 13.3 Å². The van der Waals surface area contributed by atoms with Crippen molar-refractivity contribution in [2.75, 3.05) is 6.54 Å². The SMILES string of the molecule is Cc1ncc[nH]1.NCCc1ccccc1. The topological polar surface area (TPSA) is 54.7 Å². The summed E-state index contributed by atoms with van der Waals surface area (Å²) >= 11 is 0. The fourth-order valence-electron chi connectivity index (χ4n) is 1.16. The predicted octanol–water partition coefficient (Wildman–Crippen LogP) is 1.91. The monoisotopic (exact) mass is 203 g/mol. The molecule has 3 nitrogen and oxygen atoms in total. The molecular formula is C12H17N3. The van der Waals surface area contributed by atoms with Gasteiger partial charge in [-0.05, 0) is 25.5 Å². The molecule has 0 unspecified atom stereocenters. The summed E-state index contributed by atoms with van der Waals surface area (Å²) in [5, 5.41) is 0. The third-order valence-corrected chi connectivity index (χ3v) is 1.91. The Labute approximate surface area is 90.4 Å². The number of hydrogen-bond acceptors (Lipinski definition) is 2. The van der Waals surface area contributed by atoms with Crippen molar-refractivity contribution in [3.05, 3.63) is 54.1 Å². The van der Waals surface area contributed by atoms with Crippen LogP contribution in [-0.2, 0) is 6.42 Å². The number of nitrogens with zero attached hydrogens (tertiary/aromatic N) is 1. The number of benzene rings is 1. The third-order valence-electron chi connectivity index (χ3n) is 1.91. The van der Waals surface area contributed by atoms with E-state index in [1.165, 1.54) is 5.56 Å². The van der Waals surface area contributed by atoms with Crippen molar-refractivity contribution in [1.29, 1.82) is 0 Å². The number of imidazole rings is 1. The summed E-state index contributed by atoms with van der Waals surface area (Å²) in [6.07, 6.45) is 4.52. The van der Waals surface area contributed by atoms with E-state index >= 15 is 0 Å². The number of aryl methyl sites for hydroxylation is 1. The van der Waals surface area contributed by atoms with Crippen LogP contribution in [0.15, 0.2) is 42.7 Å². The van der Waals surface area contributed by atoms with Crippen LogP contribution in [0.2, 0.25) is 0 Å². The van der Waals surface area contributed by atoms with Crippen LogP contribution in [0.1, 0.15) is 11.4 Å². The first-order valence-corrected chi connectivity index (χ1v) is 5.03. The van der Waals surface area contributed by atoms with E-state index in [9.17, 15) is 0 Å². The molecule has 3 N–H and O–H groups in total. The van der Waals surface area contributed by atoms with Gasteiger partial charge in [0.2, 0.25) is 0 Å². The lowest BCUT2D eigenvalue weighted by Crippen LogP contribution is -2.01. The standard InChI is InChI=1S/C8H11N.C4H6N2/c9-7-6-8-4-2-1-3-5-8;1-4-5-2-3-6-4/h1-5H,6-7,9H2;2-3H,1H3,(H,5,6). The molecule has 1 aromatic heterocycles. The summed E-state index contributed by atoms with van der Waals surface area (Å²) in [5.74, 6) is 0.968. The van der Waals surface area contributed by atoms with Crippen LogP contribution in [-0.4, -0.2) is 16.5 Å². The number of rotatable bonds is 2. The predicted molar refractivity (Wildman–Crippen MR) is 62.5 cm³/mol. The summed E-state index contributed by atoms with van der Waals surface area (Å²) in [4.78, 5) is 6.75. The van der Waals surface area contributed by atoms with E-state index in [2.05, 4.69) is 22.1 Å². The Hall–Kier alpha value is -1.61. The Morgan fingerprint density at radius 2 is 2.00 bits per heavy atom. The highest BCUT2D eigenvalue weighted by molar-refractivity contribution is 5.14. The van der Waals surface area contributed by atoms with Crippen molar-refractivity contribution < 1.29 is 0 Å². The second-order valence-electron chi connectivity index (χ2n) is 3.20. The molecule has 0 fully saturated rings. The van der Waals surface area contributed by atoms with Crippen molar-refractivity contribution in [3.8, 4) is 0 Å². The van der Waals surface area contributed by atoms with E-state index in [0.717, 1.165) is 18.8 Å². The van der Waals surface area contributed by atoms with E-state index in [-0.39, 0.29) is 0 Å². The molecule has 15 heavy (non-hydrogen) atoms. The summed E-state index contributed by atoms with van der Waals surface area (Å²) in [6, 6.07) is 10.3. The van der Waals surface area contributed by atoms with Crippen LogP contribution < -0.4 is 5.73 Å². The van der Waals surface area contributed by atoms with Crippen LogP contribution in [0.4, 0.5) is 0 Å². The highest BCUT2D eigenvalue weighted by Crippen LogP contribution is 1.96. The van der Waals surface area contributed by atoms with Crippen molar-refractivity contribution >= 4 is 0 Å². The first kappa shape index (κ1) is 11.5. The van der Waals surface area contributed by atoms with Gasteiger partial charge in [-0.2, -0.15) is 0 Å². The van der Waals surface area contributed by atoms with Gasteiger partial charge in [0, 0.05) is 12.4 Å². The summed E-state index contributed by atoms with van der Waals surface area (Å²) in [5.41, 5.74) is 6.68. The smallest absolute Gasteiger partial charge is 0.102 e. The molecule has 0 radical (unpaired) electrons. The first-order chi connectivity index (χ1) is 7.33. The lowest BCUT2D eigenvalue weighted by Gasteiger charge is -1.93. The minimum Gasteiger partial charge on any atom is -0.349 e. The van der Waals surface area contributed by atoms with Gasteiger partial charge in [-0.15, -0.1) is 0 Å². The third kappa shape index (κ3) is 4.98. The number of nitrogens with one attached hydrogen (secondary N) is 1. The molecule has 0 aliphatic heterocycles. The molecule has 0 saturated heterocycles. The number of aromatic nitrogens is 2. The normalized spacial score (nSPS) is 9.20. The first-order valence-electron chi connectivity index (χ1n) is 5.03. The van der Waals surface area contributed by atoms with Crippen LogP contribution in [0, 0.1) is 6.92 Å². The fourth-order valence-corrected chi connectivity index (χ4v) is 1.16.